The van der Waals surface area contributed by atoms with Gasteiger partial charge in [0.05, 0.1) is 6.61 Å². The second-order valence-corrected chi connectivity index (χ2v) is 7.58. The molecule has 7 heteroatoms. The molecule has 1 heterocycles. The molecule has 7 nitrogen and oxygen atoms in total. The highest BCUT2D eigenvalue weighted by atomic mass is 16.5. The van der Waals surface area contributed by atoms with Crippen LogP contribution in [0.4, 0.5) is 0 Å². The fourth-order valence-electron chi connectivity index (χ4n) is 3.69. The zero-order valence-corrected chi connectivity index (χ0v) is 18.1. The molecule has 3 N–H and O–H groups in total. The maximum absolute atomic E-state index is 9.10. The highest BCUT2D eigenvalue weighted by Crippen LogP contribution is 2.31. The third kappa shape index (κ3) is 7.66. The van der Waals surface area contributed by atoms with E-state index in [2.05, 4.69) is 35.6 Å². The quantitative estimate of drug-likeness (QED) is 0.479. The fraction of sp³-hybridized carbons (Fsp3) is 0.231. The Hall–Kier alpha value is -3.84. The van der Waals surface area contributed by atoms with E-state index in [1.54, 1.807) is 0 Å². The van der Waals surface area contributed by atoms with Crippen LogP contribution in [0.25, 0.3) is 0 Å². The van der Waals surface area contributed by atoms with Gasteiger partial charge >= 0.3 is 11.9 Å². The van der Waals surface area contributed by atoms with E-state index in [9.17, 15) is 0 Å². The Morgan fingerprint density at radius 1 is 0.818 bits per heavy atom. The number of piperidine rings is 1. The van der Waals surface area contributed by atoms with E-state index in [0.717, 1.165) is 36.8 Å². The number of rotatable bonds is 6. The van der Waals surface area contributed by atoms with E-state index in [1.165, 1.54) is 5.56 Å². The van der Waals surface area contributed by atoms with E-state index in [1.807, 2.05) is 54.6 Å². The lowest BCUT2D eigenvalue weighted by Crippen LogP contribution is -2.38. The minimum absolute atomic E-state index is 0.458. The van der Waals surface area contributed by atoms with Gasteiger partial charge in [-0.1, -0.05) is 54.6 Å². The summed E-state index contributed by atoms with van der Waals surface area (Å²) in [6.45, 7) is 2.75. The van der Waals surface area contributed by atoms with Gasteiger partial charge in [0.25, 0.3) is 0 Å². The third-order valence-electron chi connectivity index (χ3n) is 5.27. The van der Waals surface area contributed by atoms with Crippen LogP contribution in [0.1, 0.15) is 17.9 Å². The Labute approximate surface area is 192 Å². The molecule has 2 atom stereocenters. The van der Waals surface area contributed by atoms with Crippen LogP contribution in [0, 0.1) is 5.92 Å². The predicted molar refractivity (Wildman–Crippen MR) is 124 cm³/mol. The molecular formula is C26H27NO6. The van der Waals surface area contributed by atoms with Crippen molar-refractivity contribution >= 4 is 11.9 Å². The fourth-order valence-corrected chi connectivity index (χ4v) is 3.69. The molecule has 0 amide bonds. The van der Waals surface area contributed by atoms with Crippen LogP contribution >= 0.6 is 0 Å². The smallest absolute Gasteiger partial charge is 0.414 e. The number of carbonyl (C=O) groups is 2. The molecule has 3 aromatic carbocycles. The van der Waals surface area contributed by atoms with Gasteiger partial charge in [0, 0.05) is 18.5 Å². The van der Waals surface area contributed by atoms with Crippen molar-refractivity contribution in [3.05, 3.63) is 90.5 Å². The van der Waals surface area contributed by atoms with E-state index in [4.69, 9.17) is 29.3 Å². The summed E-state index contributed by atoms with van der Waals surface area (Å²) in [5.41, 5.74) is 1.41. The van der Waals surface area contributed by atoms with Gasteiger partial charge in [-0.2, -0.15) is 0 Å². The first-order valence-corrected chi connectivity index (χ1v) is 10.7. The Balaban J connectivity index is 0.000000454. The SMILES string of the molecule is O=C(O)C(=O)O.c1ccc(Oc2cccc(OC[C@@H]3CNCC[C@H]3c3ccccc3)c2)cc1. The summed E-state index contributed by atoms with van der Waals surface area (Å²) in [6.07, 6.45) is 1.15. The van der Waals surface area contributed by atoms with Crippen LogP contribution in [-0.4, -0.2) is 41.8 Å². The Morgan fingerprint density at radius 3 is 2.09 bits per heavy atom. The second kappa shape index (κ2) is 12.3. The second-order valence-electron chi connectivity index (χ2n) is 7.58. The topological polar surface area (TPSA) is 105 Å². The van der Waals surface area contributed by atoms with Crippen molar-refractivity contribution < 1.29 is 29.3 Å². The summed E-state index contributed by atoms with van der Waals surface area (Å²) in [6, 6.07) is 28.5. The molecule has 4 rings (SSSR count). The van der Waals surface area contributed by atoms with Gasteiger partial charge in [0.15, 0.2) is 0 Å². The van der Waals surface area contributed by atoms with Crippen molar-refractivity contribution in [2.24, 2.45) is 5.92 Å². The molecule has 1 fully saturated rings. The molecular weight excluding hydrogens is 422 g/mol. The van der Waals surface area contributed by atoms with Crippen molar-refractivity contribution in [2.45, 2.75) is 12.3 Å². The summed E-state index contributed by atoms with van der Waals surface area (Å²) in [4.78, 5) is 18.2. The number of benzene rings is 3. The monoisotopic (exact) mass is 449 g/mol. The minimum atomic E-state index is -1.82. The maximum atomic E-state index is 9.10. The molecule has 1 saturated heterocycles. The minimum Gasteiger partial charge on any atom is -0.493 e. The summed E-state index contributed by atoms with van der Waals surface area (Å²) >= 11 is 0. The van der Waals surface area contributed by atoms with Gasteiger partial charge in [-0.3, -0.25) is 0 Å². The highest BCUT2D eigenvalue weighted by molar-refractivity contribution is 6.27. The number of carboxylic acid groups (broad SMARTS) is 2. The van der Waals surface area contributed by atoms with Gasteiger partial charge < -0.3 is 25.0 Å². The number of ether oxygens (including phenoxy) is 2. The molecule has 1 aliphatic rings. The standard InChI is InChI=1S/C24H25NO2.C2H2O4/c1-3-8-19(9-4-1)24-14-15-25-17-20(24)18-26-22-12-7-13-23(16-22)27-21-10-5-2-6-11-21;3-1(4)2(5)6/h1-13,16,20,24-25H,14-15,17-18H2;(H,3,4)(H,5,6)/t20-,24-;/m0./s1. The van der Waals surface area contributed by atoms with Crippen molar-refractivity contribution in [1.82, 2.24) is 5.32 Å². The number of para-hydroxylation sites is 1. The van der Waals surface area contributed by atoms with Crippen LogP contribution in [-0.2, 0) is 9.59 Å². The molecule has 33 heavy (non-hydrogen) atoms. The predicted octanol–water partition coefficient (Wildman–Crippen LogP) is 4.41. The molecule has 0 radical (unpaired) electrons. The Kier molecular flexibility index (Phi) is 8.85. The van der Waals surface area contributed by atoms with E-state index >= 15 is 0 Å². The van der Waals surface area contributed by atoms with Crippen molar-refractivity contribution in [2.75, 3.05) is 19.7 Å². The third-order valence-corrected chi connectivity index (χ3v) is 5.27. The van der Waals surface area contributed by atoms with Gasteiger partial charge in [0.2, 0.25) is 0 Å². The van der Waals surface area contributed by atoms with E-state index in [-0.39, 0.29) is 0 Å². The van der Waals surface area contributed by atoms with Crippen LogP contribution in [0.15, 0.2) is 84.9 Å². The molecule has 3 aromatic rings. The Morgan fingerprint density at radius 2 is 1.42 bits per heavy atom. The largest absolute Gasteiger partial charge is 0.493 e. The molecule has 0 unspecified atom stereocenters. The van der Waals surface area contributed by atoms with Crippen LogP contribution in [0.5, 0.6) is 17.2 Å². The summed E-state index contributed by atoms with van der Waals surface area (Å²) in [7, 11) is 0. The first-order chi connectivity index (χ1) is 16.0. The molecule has 1 aliphatic heterocycles. The zero-order valence-electron chi connectivity index (χ0n) is 18.1. The van der Waals surface area contributed by atoms with Crippen molar-refractivity contribution in [1.29, 1.82) is 0 Å². The molecule has 0 aromatic heterocycles. The van der Waals surface area contributed by atoms with Crippen LogP contribution in [0.2, 0.25) is 0 Å². The number of nitrogens with one attached hydrogen (secondary N) is 1. The van der Waals surface area contributed by atoms with Crippen molar-refractivity contribution in [3.63, 3.8) is 0 Å². The molecule has 0 bridgehead atoms. The van der Waals surface area contributed by atoms with Crippen LogP contribution < -0.4 is 14.8 Å². The van der Waals surface area contributed by atoms with E-state index < -0.39 is 11.9 Å². The van der Waals surface area contributed by atoms with Gasteiger partial charge in [-0.05, 0) is 48.7 Å². The normalized spacial score (nSPS) is 17.2. The number of aliphatic carboxylic acids is 2. The lowest BCUT2D eigenvalue weighted by molar-refractivity contribution is -0.159. The summed E-state index contributed by atoms with van der Waals surface area (Å²) in [5.74, 6) is -0.183. The van der Waals surface area contributed by atoms with Gasteiger partial charge in [0.1, 0.15) is 17.2 Å². The lowest BCUT2D eigenvalue weighted by Gasteiger charge is -2.32. The van der Waals surface area contributed by atoms with Gasteiger partial charge in [-0.15, -0.1) is 0 Å². The van der Waals surface area contributed by atoms with Crippen molar-refractivity contribution in [3.8, 4) is 17.2 Å². The summed E-state index contributed by atoms with van der Waals surface area (Å²) < 4.78 is 12.1. The average molecular weight is 450 g/mol. The van der Waals surface area contributed by atoms with E-state index in [0.29, 0.717) is 18.4 Å². The number of hydrogen-bond acceptors (Lipinski definition) is 5. The number of carboxylic acids is 2. The highest BCUT2D eigenvalue weighted by Gasteiger charge is 2.26. The maximum Gasteiger partial charge on any atom is 0.414 e. The van der Waals surface area contributed by atoms with Gasteiger partial charge in [-0.25, -0.2) is 9.59 Å². The van der Waals surface area contributed by atoms with Crippen LogP contribution in [0.3, 0.4) is 0 Å². The lowest BCUT2D eigenvalue weighted by atomic mass is 9.81. The Bertz CT molecular complexity index is 1010. The first-order valence-electron chi connectivity index (χ1n) is 10.7. The zero-order chi connectivity index (χ0) is 23.5. The molecule has 0 saturated carbocycles. The molecule has 0 spiro atoms. The summed E-state index contributed by atoms with van der Waals surface area (Å²) in [5, 5.41) is 18.3. The number of hydrogen-bond donors (Lipinski definition) is 3. The average Bonchev–Trinajstić information content (AvgIpc) is 2.85. The molecule has 0 aliphatic carbocycles. The first kappa shape index (κ1) is 23.8. The molecule has 172 valence electrons.